The number of aryl methyl sites for hydroxylation is 1. The molecule has 35 heavy (non-hydrogen) atoms. The molecule has 0 radical (unpaired) electrons. The van der Waals surface area contributed by atoms with E-state index < -0.39 is 0 Å². The molecule has 0 heterocycles. The SMILES string of the molecule is CN(C)C(=O)CCCCCCCCCC[C@H]1C[C@]2(C)[C@@H](O)CC[C@H]2[C@@H]2CCc3cc(O)ccc3[C@@H]12. The number of rotatable bonds is 11. The number of hydrogen-bond donors (Lipinski definition) is 2. The number of aliphatic hydroxyl groups is 1. The van der Waals surface area contributed by atoms with Gasteiger partial charge in [-0.2, -0.15) is 0 Å². The summed E-state index contributed by atoms with van der Waals surface area (Å²) in [6.07, 6.45) is 17.3. The third kappa shape index (κ3) is 5.89. The van der Waals surface area contributed by atoms with Gasteiger partial charge in [0.05, 0.1) is 6.10 Å². The number of aliphatic hydroxyl groups excluding tert-OH is 1. The van der Waals surface area contributed by atoms with Crippen LogP contribution in [-0.4, -0.2) is 41.2 Å². The maximum absolute atomic E-state index is 11.7. The largest absolute Gasteiger partial charge is 0.508 e. The van der Waals surface area contributed by atoms with Crippen molar-refractivity contribution in [1.29, 1.82) is 0 Å². The van der Waals surface area contributed by atoms with E-state index in [4.69, 9.17) is 0 Å². The molecule has 3 aliphatic rings. The van der Waals surface area contributed by atoms with Gasteiger partial charge in [0.25, 0.3) is 0 Å². The Morgan fingerprint density at radius 2 is 1.69 bits per heavy atom. The molecule has 0 saturated heterocycles. The van der Waals surface area contributed by atoms with Gasteiger partial charge in [-0.15, -0.1) is 0 Å². The molecule has 0 unspecified atom stereocenters. The zero-order valence-electron chi connectivity index (χ0n) is 22.5. The highest BCUT2D eigenvalue weighted by Gasteiger charge is 2.57. The summed E-state index contributed by atoms with van der Waals surface area (Å²) in [5, 5.41) is 21.0. The second kappa shape index (κ2) is 11.7. The fraction of sp³-hybridized carbons (Fsp3) is 0.774. The summed E-state index contributed by atoms with van der Waals surface area (Å²) >= 11 is 0. The molecule has 1 amide bonds. The second-order valence-corrected chi connectivity index (χ2v) is 12.4. The number of fused-ring (bicyclic) bond motifs is 5. The van der Waals surface area contributed by atoms with Gasteiger partial charge in [0.15, 0.2) is 0 Å². The highest BCUT2D eigenvalue weighted by molar-refractivity contribution is 5.75. The third-order valence-corrected chi connectivity index (χ3v) is 9.99. The summed E-state index contributed by atoms with van der Waals surface area (Å²) < 4.78 is 0. The summed E-state index contributed by atoms with van der Waals surface area (Å²) in [5.74, 6) is 3.23. The van der Waals surface area contributed by atoms with E-state index in [2.05, 4.69) is 13.0 Å². The minimum atomic E-state index is -0.134. The number of carbonyl (C=O) groups is 1. The topological polar surface area (TPSA) is 60.8 Å². The lowest BCUT2D eigenvalue weighted by molar-refractivity contribution is -0.128. The molecule has 6 atom stereocenters. The number of aromatic hydroxyl groups is 1. The van der Waals surface area contributed by atoms with E-state index in [1.54, 1.807) is 4.90 Å². The molecular formula is C31H49NO3. The zero-order chi connectivity index (χ0) is 25.0. The van der Waals surface area contributed by atoms with Crippen molar-refractivity contribution >= 4 is 5.91 Å². The monoisotopic (exact) mass is 483 g/mol. The first-order valence-corrected chi connectivity index (χ1v) is 14.5. The summed E-state index contributed by atoms with van der Waals surface area (Å²) in [6.45, 7) is 2.39. The van der Waals surface area contributed by atoms with Crippen LogP contribution in [0.25, 0.3) is 0 Å². The first-order chi connectivity index (χ1) is 16.8. The van der Waals surface area contributed by atoms with E-state index in [0.29, 0.717) is 35.8 Å². The average molecular weight is 484 g/mol. The van der Waals surface area contributed by atoms with Gasteiger partial charge in [0, 0.05) is 20.5 Å². The van der Waals surface area contributed by atoms with Gasteiger partial charge < -0.3 is 15.1 Å². The maximum Gasteiger partial charge on any atom is 0.222 e. The van der Waals surface area contributed by atoms with Gasteiger partial charge in [0.1, 0.15) is 5.75 Å². The first kappa shape index (κ1) is 26.5. The number of hydrogen-bond acceptors (Lipinski definition) is 3. The van der Waals surface area contributed by atoms with E-state index in [1.165, 1.54) is 75.3 Å². The molecule has 3 aliphatic carbocycles. The summed E-state index contributed by atoms with van der Waals surface area (Å²) in [7, 11) is 3.67. The number of amides is 1. The first-order valence-electron chi connectivity index (χ1n) is 14.5. The molecule has 2 saturated carbocycles. The smallest absolute Gasteiger partial charge is 0.222 e. The molecule has 2 N–H and O–H groups in total. The van der Waals surface area contributed by atoms with Gasteiger partial charge >= 0.3 is 0 Å². The Bertz CT molecular complexity index is 852. The summed E-state index contributed by atoms with van der Waals surface area (Å²) in [6, 6.07) is 6.12. The molecule has 0 bridgehead atoms. The molecule has 2 fully saturated rings. The van der Waals surface area contributed by atoms with E-state index in [0.717, 1.165) is 25.7 Å². The van der Waals surface area contributed by atoms with Crippen molar-refractivity contribution in [3.63, 3.8) is 0 Å². The molecule has 1 aromatic rings. The Kier molecular flexibility index (Phi) is 8.84. The van der Waals surface area contributed by atoms with Crippen LogP contribution in [-0.2, 0) is 11.2 Å². The molecule has 1 aromatic carbocycles. The van der Waals surface area contributed by atoms with E-state index in [-0.39, 0.29) is 17.4 Å². The fourth-order valence-electron chi connectivity index (χ4n) is 8.10. The lowest BCUT2D eigenvalue weighted by Crippen LogP contribution is -2.47. The Labute approximate surface area is 213 Å². The number of phenols is 1. The molecule has 4 heteroatoms. The van der Waals surface area contributed by atoms with Crippen LogP contribution in [0.1, 0.15) is 114 Å². The van der Waals surface area contributed by atoms with Gasteiger partial charge in [0.2, 0.25) is 5.91 Å². The lowest BCUT2D eigenvalue weighted by Gasteiger charge is -2.54. The quantitative estimate of drug-likeness (QED) is 0.339. The third-order valence-electron chi connectivity index (χ3n) is 9.99. The highest BCUT2D eigenvalue weighted by atomic mass is 16.3. The molecule has 196 valence electrons. The minimum absolute atomic E-state index is 0.0915. The number of unbranched alkanes of at least 4 members (excludes halogenated alkanes) is 7. The molecule has 4 rings (SSSR count). The molecule has 4 nitrogen and oxygen atoms in total. The van der Waals surface area contributed by atoms with Gasteiger partial charge in [-0.25, -0.2) is 0 Å². The van der Waals surface area contributed by atoms with Crippen LogP contribution in [0.5, 0.6) is 5.75 Å². The lowest BCUT2D eigenvalue weighted by atomic mass is 9.51. The van der Waals surface area contributed by atoms with E-state index in [9.17, 15) is 15.0 Å². The number of carbonyl (C=O) groups excluding carboxylic acids is 1. The van der Waals surface area contributed by atoms with Gasteiger partial charge in [-0.05, 0) is 97.3 Å². The van der Waals surface area contributed by atoms with Crippen LogP contribution in [0.4, 0.5) is 0 Å². The Balaban J connectivity index is 1.26. The van der Waals surface area contributed by atoms with Crippen molar-refractivity contribution in [3.05, 3.63) is 29.3 Å². The van der Waals surface area contributed by atoms with Crippen LogP contribution in [0.3, 0.4) is 0 Å². The van der Waals surface area contributed by atoms with Crippen molar-refractivity contribution in [2.24, 2.45) is 23.2 Å². The highest BCUT2D eigenvalue weighted by Crippen LogP contribution is 2.63. The van der Waals surface area contributed by atoms with E-state index >= 15 is 0 Å². The zero-order valence-corrected chi connectivity index (χ0v) is 22.5. The van der Waals surface area contributed by atoms with Crippen molar-refractivity contribution in [2.75, 3.05) is 14.1 Å². The summed E-state index contributed by atoms with van der Waals surface area (Å²) in [4.78, 5) is 13.3. The van der Waals surface area contributed by atoms with Crippen molar-refractivity contribution < 1.29 is 15.0 Å². The van der Waals surface area contributed by atoms with Crippen LogP contribution < -0.4 is 0 Å². The van der Waals surface area contributed by atoms with Gasteiger partial charge in [-0.1, -0.05) is 57.9 Å². The van der Waals surface area contributed by atoms with Crippen molar-refractivity contribution in [2.45, 2.75) is 115 Å². The molecule has 0 aliphatic heterocycles. The second-order valence-electron chi connectivity index (χ2n) is 12.4. The van der Waals surface area contributed by atoms with Crippen molar-refractivity contribution in [1.82, 2.24) is 4.90 Å². The fourth-order valence-corrected chi connectivity index (χ4v) is 8.10. The number of benzene rings is 1. The summed E-state index contributed by atoms with van der Waals surface area (Å²) in [5.41, 5.74) is 2.96. The van der Waals surface area contributed by atoms with E-state index in [1.807, 2.05) is 26.2 Å². The predicted octanol–water partition coefficient (Wildman–Crippen LogP) is 6.82. The Morgan fingerprint density at radius 1 is 1.00 bits per heavy atom. The molecular weight excluding hydrogens is 434 g/mol. The molecule has 0 aromatic heterocycles. The molecule has 0 spiro atoms. The normalized spacial score (nSPS) is 31.5. The standard InChI is InChI=1S/C31H49NO3/c1-31-21-23(12-10-8-6-4-5-7-9-11-13-29(35)32(2)3)30-25-17-15-24(33)20-22(25)14-16-26(30)27(31)18-19-28(31)34/h15,17,20,23,26-28,30,33-34H,4-14,16,18-19,21H2,1-3H3/t23-,26-,27-,28-,30+,31-/m0/s1. The van der Waals surface area contributed by atoms with Crippen LogP contribution in [0, 0.1) is 23.2 Å². The average Bonchev–Trinajstić information content (AvgIpc) is 3.13. The van der Waals surface area contributed by atoms with Crippen LogP contribution in [0.15, 0.2) is 18.2 Å². The number of nitrogens with zero attached hydrogens (tertiary/aromatic N) is 1. The van der Waals surface area contributed by atoms with Crippen LogP contribution >= 0.6 is 0 Å². The number of phenolic OH excluding ortho intramolecular Hbond substituents is 1. The Hall–Kier alpha value is -1.55. The minimum Gasteiger partial charge on any atom is -0.508 e. The van der Waals surface area contributed by atoms with Gasteiger partial charge in [-0.3, -0.25) is 4.79 Å². The van der Waals surface area contributed by atoms with Crippen molar-refractivity contribution in [3.8, 4) is 5.75 Å². The Morgan fingerprint density at radius 3 is 2.40 bits per heavy atom. The predicted molar refractivity (Wildman–Crippen MR) is 142 cm³/mol. The van der Waals surface area contributed by atoms with Crippen LogP contribution in [0.2, 0.25) is 0 Å². The maximum atomic E-state index is 11.7.